The number of rotatable bonds is 3. The monoisotopic (exact) mass is 333 g/mol. The number of imide groups is 1. The standard InChI is InChI=1S/C10H12IN3O2/c1-14(6-9(15)13-10(12)16)8-4-2-7(11)3-5-8/h2-5H,6H2,1H3,(H3,12,13,15,16). The van der Waals surface area contributed by atoms with Crippen molar-refractivity contribution >= 4 is 40.2 Å². The van der Waals surface area contributed by atoms with Gasteiger partial charge >= 0.3 is 6.03 Å². The van der Waals surface area contributed by atoms with E-state index >= 15 is 0 Å². The molecule has 0 spiro atoms. The summed E-state index contributed by atoms with van der Waals surface area (Å²) < 4.78 is 1.12. The molecule has 6 heteroatoms. The first-order valence-corrected chi connectivity index (χ1v) is 5.63. The smallest absolute Gasteiger partial charge is 0.318 e. The molecule has 0 radical (unpaired) electrons. The molecule has 0 heterocycles. The number of carbonyl (C=O) groups is 2. The molecule has 16 heavy (non-hydrogen) atoms. The number of amides is 3. The fourth-order valence-electron chi connectivity index (χ4n) is 1.18. The van der Waals surface area contributed by atoms with E-state index in [-0.39, 0.29) is 6.54 Å². The van der Waals surface area contributed by atoms with Crippen molar-refractivity contribution in [2.45, 2.75) is 0 Å². The van der Waals surface area contributed by atoms with E-state index in [0.29, 0.717) is 0 Å². The van der Waals surface area contributed by atoms with Crippen LogP contribution in [-0.4, -0.2) is 25.5 Å². The lowest BCUT2D eigenvalue weighted by atomic mass is 10.3. The second-order valence-electron chi connectivity index (χ2n) is 3.24. The molecule has 0 aliphatic rings. The van der Waals surface area contributed by atoms with E-state index in [0.717, 1.165) is 9.26 Å². The summed E-state index contributed by atoms with van der Waals surface area (Å²) in [5, 5.41) is 2.01. The molecule has 0 unspecified atom stereocenters. The summed E-state index contributed by atoms with van der Waals surface area (Å²) in [5.41, 5.74) is 5.74. The van der Waals surface area contributed by atoms with E-state index in [1.165, 1.54) is 0 Å². The molecular weight excluding hydrogens is 321 g/mol. The van der Waals surface area contributed by atoms with Crippen LogP contribution in [0.2, 0.25) is 0 Å². The van der Waals surface area contributed by atoms with Gasteiger partial charge in [0.15, 0.2) is 0 Å². The van der Waals surface area contributed by atoms with Crippen molar-refractivity contribution in [2.24, 2.45) is 5.73 Å². The Bertz CT molecular complexity index is 392. The number of carbonyl (C=O) groups excluding carboxylic acids is 2. The molecule has 0 saturated carbocycles. The maximum Gasteiger partial charge on any atom is 0.318 e. The summed E-state index contributed by atoms with van der Waals surface area (Å²) in [5.74, 6) is -0.423. The summed E-state index contributed by atoms with van der Waals surface area (Å²) in [6.07, 6.45) is 0. The molecule has 0 bridgehead atoms. The first-order valence-electron chi connectivity index (χ1n) is 4.55. The molecule has 3 amide bonds. The Kier molecular flexibility index (Phi) is 4.53. The number of urea groups is 1. The van der Waals surface area contributed by atoms with Crippen LogP contribution in [0.15, 0.2) is 24.3 Å². The molecule has 0 atom stereocenters. The van der Waals surface area contributed by atoms with Crippen LogP contribution in [0.4, 0.5) is 10.5 Å². The predicted molar refractivity (Wildman–Crippen MR) is 70.2 cm³/mol. The van der Waals surface area contributed by atoms with E-state index in [4.69, 9.17) is 5.73 Å². The second kappa shape index (κ2) is 5.69. The zero-order valence-corrected chi connectivity index (χ0v) is 10.9. The first kappa shape index (κ1) is 12.8. The van der Waals surface area contributed by atoms with Gasteiger partial charge in [0, 0.05) is 16.3 Å². The molecule has 0 fully saturated rings. The van der Waals surface area contributed by atoms with Crippen molar-refractivity contribution in [3.63, 3.8) is 0 Å². The Morgan fingerprint density at radius 3 is 2.44 bits per heavy atom. The largest absolute Gasteiger partial charge is 0.365 e. The number of halogens is 1. The number of primary amides is 1. The van der Waals surface area contributed by atoms with Gasteiger partial charge in [0.25, 0.3) is 0 Å². The topological polar surface area (TPSA) is 75.4 Å². The van der Waals surface area contributed by atoms with Crippen LogP contribution in [0.3, 0.4) is 0 Å². The van der Waals surface area contributed by atoms with Gasteiger partial charge in [-0.2, -0.15) is 0 Å². The predicted octanol–water partition coefficient (Wildman–Crippen LogP) is 0.922. The van der Waals surface area contributed by atoms with E-state index in [1.54, 1.807) is 11.9 Å². The van der Waals surface area contributed by atoms with Gasteiger partial charge < -0.3 is 10.6 Å². The van der Waals surface area contributed by atoms with Gasteiger partial charge in [-0.3, -0.25) is 10.1 Å². The zero-order chi connectivity index (χ0) is 12.1. The third kappa shape index (κ3) is 4.05. The molecule has 1 rings (SSSR count). The lowest BCUT2D eigenvalue weighted by molar-refractivity contribution is -0.118. The molecule has 0 aliphatic heterocycles. The summed E-state index contributed by atoms with van der Waals surface area (Å²) in [4.78, 5) is 23.4. The van der Waals surface area contributed by atoms with Crippen molar-refractivity contribution in [3.8, 4) is 0 Å². The summed E-state index contributed by atoms with van der Waals surface area (Å²) in [6, 6.07) is 6.86. The van der Waals surface area contributed by atoms with Crippen molar-refractivity contribution in [1.82, 2.24) is 5.32 Å². The normalized spacial score (nSPS) is 9.62. The molecule has 0 aromatic heterocycles. The van der Waals surface area contributed by atoms with Gasteiger partial charge in [-0.1, -0.05) is 0 Å². The number of hydrogen-bond acceptors (Lipinski definition) is 3. The maximum absolute atomic E-state index is 11.2. The SMILES string of the molecule is CN(CC(=O)NC(N)=O)c1ccc(I)cc1. The van der Waals surface area contributed by atoms with Crippen LogP contribution in [0, 0.1) is 3.57 Å². The Balaban J connectivity index is 2.58. The Morgan fingerprint density at radius 2 is 1.94 bits per heavy atom. The van der Waals surface area contributed by atoms with E-state index in [9.17, 15) is 9.59 Å². The number of nitrogens with one attached hydrogen (secondary N) is 1. The van der Waals surface area contributed by atoms with Gasteiger partial charge in [0.05, 0.1) is 6.54 Å². The molecule has 1 aromatic rings. The van der Waals surface area contributed by atoms with Crippen molar-refractivity contribution in [3.05, 3.63) is 27.8 Å². The highest BCUT2D eigenvalue weighted by atomic mass is 127. The van der Waals surface area contributed by atoms with Gasteiger partial charge in [0.1, 0.15) is 0 Å². The molecular formula is C10H12IN3O2. The number of likely N-dealkylation sites (N-methyl/N-ethyl adjacent to an activating group) is 1. The second-order valence-corrected chi connectivity index (χ2v) is 4.49. The zero-order valence-electron chi connectivity index (χ0n) is 8.74. The third-order valence-electron chi connectivity index (χ3n) is 1.91. The Hall–Kier alpha value is -1.31. The molecule has 3 N–H and O–H groups in total. The molecule has 5 nitrogen and oxygen atoms in total. The van der Waals surface area contributed by atoms with E-state index in [2.05, 4.69) is 22.6 Å². The highest BCUT2D eigenvalue weighted by Gasteiger charge is 2.08. The lowest BCUT2D eigenvalue weighted by Gasteiger charge is -2.18. The maximum atomic E-state index is 11.2. The minimum Gasteiger partial charge on any atom is -0.365 e. The molecule has 86 valence electrons. The fraction of sp³-hybridized carbons (Fsp3) is 0.200. The highest BCUT2D eigenvalue weighted by Crippen LogP contribution is 2.14. The van der Waals surface area contributed by atoms with Gasteiger partial charge in [-0.15, -0.1) is 0 Å². The molecule has 1 aromatic carbocycles. The van der Waals surface area contributed by atoms with Gasteiger partial charge in [-0.25, -0.2) is 4.79 Å². The number of hydrogen-bond donors (Lipinski definition) is 2. The average molecular weight is 333 g/mol. The summed E-state index contributed by atoms with van der Waals surface area (Å²) in [6.45, 7) is 0.0868. The van der Waals surface area contributed by atoms with Crippen molar-refractivity contribution in [2.75, 3.05) is 18.5 Å². The Morgan fingerprint density at radius 1 is 1.38 bits per heavy atom. The summed E-state index contributed by atoms with van der Waals surface area (Å²) >= 11 is 2.20. The van der Waals surface area contributed by atoms with Crippen molar-refractivity contribution < 1.29 is 9.59 Å². The van der Waals surface area contributed by atoms with Crippen LogP contribution in [-0.2, 0) is 4.79 Å². The minimum absolute atomic E-state index is 0.0868. The van der Waals surface area contributed by atoms with Crippen molar-refractivity contribution in [1.29, 1.82) is 0 Å². The first-order chi connectivity index (χ1) is 7.49. The highest BCUT2D eigenvalue weighted by molar-refractivity contribution is 14.1. The summed E-state index contributed by atoms with van der Waals surface area (Å²) in [7, 11) is 1.77. The van der Waals surface area contributed by atoms with E-state index in [1.807, 2.05) is 29.6 Å². The third-order valence-corrected chi connectivity index (χ3v) is 2.63. The lowest BCUT2D eigenvalue weighted by Crippen LogP contribution is -2.41. The van der Waals surface area contributed by atoms with Crippen LogP contribution in [0.5, 0.6) is 0 Å². The number of nitrogens with two attached hydrogens (primary N) is 1. The molecule has 0 saturated heterocycles. The number of anilines is 1. The van der Waals surface area contributed by atoms with E-state index < -0.39 is 11.9 Å². The van der Waals surface area contributed by atoms with Gasteiger partial charge in [0.2, 0.25) is 5.91 Å². The Labute approximate surface area is 107 Å². The quantitative estimate of drug-likeness (QED) is 0.808. The number of benzene rings is 1. The van der Waals surface area contributed by atoms with Gasteiger partial charge in [-0.05, 0) is 46.9 Å². The van der Waals surface area contributed by atoms with Crippen LogP contribution in [0.25, 0.3) is 0 Å². The van der Waals surface area contributed by atoms with Crippen LogP contribution in [0.1, 0.15) is 0 Å². The molecule has 0 aliphatic carbocycles. The average Bonchev–Trinajstić information content (AvgIpc) is 2.16. The van der Waals surface area contributed by atoms with Crippen LogP contribution < -0.4 is 16.0 Å². The minimum atomic E-state index is -0.832. The van der Waals surface area contributed by atoms with Crippen LogP contribution >= 0.6 is 22.6 Å². The number of nitrogens with zero attached hydrogens (tertiary/aromatic N) is 1. The fourth-order valence-corrected chi connectivity index (χ4v) is 1.54.